The van der Waals surface area contributed by atoms with Crippen LogP contribution in [-0.4, -0.2) is 24.2 Å². The number of furan rings is 1. The number of methoxy groups -OCH3 is 2. The minimum atomic E-state index is 0.426. The third-order valence-corrected chi connectivity index (χ3v) is 3.89. The minimum Gasteiger partial charge on any atom is -0.495 e. The van der Waals surface area contributed by atoms with Gasteiger partial charge in [-0.05, 0) is 19.1 Å². The highest BCUT2D eigenvalue weighted by Crippen LogP contribution is 2.37. The number of nitrogens with zero attached hydrogens (tertiary/aromatic N) is 2. The lowest BCUT2D eigenvalue weighted by atomic mass is 10.2. The molecule has 0 aliphatic carbocycles. The van der Waals surface area contributed by atoms with Gasteiger partial charge in [-0.3, -0.25) is 0 Å². The second kappa shape index (κ2) is 7.97. The molecule has 0 saturated carbocycles. The predicted octanol–water partition coefficient (Wildman–Crippen LogP) is 4.40. The van der Waals surface area contributed by atoms with Crippen LogP contribution in [0.1, 0.15) is 11.5 Å². The number of halogens is 1. The zero-order valence-electron chi connectivity index (χ0n) is 14.7. The van der Waals surface area contributed by atoms with Gasteiger partial charge in [0.1, 0.15) is 23.1 Å². The number of rotatable bonds is 7. The maximum atomic E-state index is 6.14. The van der Waals surface area contributed by atoms with E-state index in [2.05, 4.69) is 20.6 Å². The molecule has 7 nitrogen and oxygen atoms in total. The van der Waals surface area contributed by atoms with Gasteiger partial charge in [-0.25, -0.2) is 4.98 Å². The van der Waals surface area contributed by atoms with E-state index < -0.39 is 0 Å². The highest BCUT2D eigenvalue weighted by molar-refractivity contribution is 6.32. The smallest absolute Gasteiger partial charge is 0.229 e. The second-order valence-corrected chi connectivity index (χ2v) is 5.87. The Kier molecular flexibility index (Phi) is 5.48. The van der Waals surface area contributed by atoms with Crippen molar-refractivity contribution in [3.05, 3.63) is 53.1 Å². The largest absolute Gasteiger partial charge is 0.495 e. The molecule has 0 radical (unpaired) electrons. The monoisotopic (exact) mass is 374 g/mol. The van der Waals surface area contributed by atoms with Crippen molar-refractivity contribution in [2.45, 2.75) is 13.5 Å². The molecule has 8 heteroatoms. The molecule has 2 N–H and O–H groups in total. The van der Waals surface area contributed by atoms with Crippen LogP contribution in [0.2, 0.25) is 5.02 Å². The molecule has 2 aromatic heterocycles. The molecular weight excluding hydrogens is 356 g/mol. The summed E-state index contributed by atoms with van der Waals surface area (Å²) in [7, 11) is 3.12. The van der Waals surface area contributed by atoms with Gasteiger partial charge in [0.2, 0.25) is 5.95 Å². The lowest BCUT2D eigenvalue weighted by molar-refractivity contribution is 0.405. The summed E-state index contributed by atoms with van der Waals surface area (Å²) in [6.45, 7) is 2.42. The summed E-state index contributed by atoms with van der Waals surface area (Å²) in [4.78, 5) is 8.89. The number of ether oxygens (including phenoxy) is 2. The fourth-order valence-electron chi connectivity index (χ4n) is 2.38. The average molecular weight is 375 g/mol. The van der Waals surface area contributed by atoms with Crippen molar-refractivity contribution in [1.29, 1.82) is 0 Å². The fourth-order valence-corrected chi connectivity index (χ4v) is 2.62. The number of anilines is 3. The second-order valence-electron chi connectivity index (χ2n) is 5.46. The van der Waals surface area contributed by atoms with E-state index in [1.54, 1.807) is 32.6 Å². The van der Waals surface area contributed by atoms with Crippen molar-refractivity contribution in [3.8, 4) is 11.5 Å². The zero-order chi connectivity index (χ0) is 18.5. The van der Waals surface area contributed by atoms with Crippen LogP contribution in [0, 0.1) is 6.92 Å². The van der Waals surface area contributed by atoms with Gasteiger partial charge in [-0.2, -0.15) is 4.98 Å². The fraction of sp³-hybridized carbons (Fsp3) is 0.222. The van der Waals surface area contributed by atoms with Gasteiger partial charge >= 0.3 is 0 Å². The van der Waals surface area contributed by atoms with Crippen LogP contribution in [0.3, 0.4) is 0 Å². The molecule has 2 heterocycles. The van der Waals surface area contributed by atoms with Crippen molar-refractivity contribution in [2.24, 2.45) is 0 Å². The van der Waals surface area contributed by atoms with Gasteiger partial charge in [0.05, 0.1) is 37.7 Å². The third kappa shape index (κ3) is 4.18. The number of benzene rings is 1. The molecule has 0 unspecified atom stereocenters. The Balaban J connectivity index is 1.83. The first-order chi connectivity index (χ1) is 12.6. The minimum absolute atomic E-state index is 0.426. The zero-order valence-corrected chi connectivity index (χ0v) is 15.4. The lowest BCUT2D eigenvalue weighted by Gasteiger charge is -2.14. The molecule has 0 bridgehead atoms. The highest BCUT2D eigenvalue weighted by atomic mass is 35.5. The predicted molar refractivity (Wildman–Crippen MR) is 101 cm³/mol. The summed E-state index contributed by atoms with van der Waals surface area (Å²) in [6.07, 6.45) is 1.63. The topological polar surface area (TPSA) is 81.4 Å². The van der Waals surface area contributed by atoms with Gasteiger partial charge in [-0.1, -0.05) is 11.6 Å². The van der Waals surface area contributed by atoms with E-state index in [0.717, 1.165) is 11.5 Å². The quantitative estimate of drug-likeness (QED) is 0.634. The number of aromatic nitrogens is 2. The molecule has 0 fully saturated rings. The van der Waals surface area contributed by atoms with Gasteiger partial charge < -0.3 is 24.5 Å². The number of aryl methyl sites for hydroxylation is 1. The Bertz CT molecular complexity index is 884. The highest BCUT2D eigenvalue weighted by Gasteiger charge is 2.12. The van der Waals surface area contributed by atoms with Gasteiger partial charge in [-0.15, -0.1) is 0 Å². The molecule has 0 aliphatic heterocycles. The van der Waals surface area contributed by atoms with E-state index in [1.807, 2.05) is 25.1 Å². The Morgan fingerprint density at radius 1 is 1.12 bits per heavy atom. The molecule has 136 valence electrons. The van der Waals surface area contributed by atoms with Gasteiger partial charge in [0, 0.05) is 23.9 Å². The van der Waals surface area contributed by atoms with Crippen molar-refractivity contribution >= 4 is 29.1 Å². The average Bonchev–Trinajstić information content (AvgIpc) is 3.14. The molecule has 1 aromatic carbocycles. The first-order valence-electron chi connectivity index (χ1n) is 7.89. The maximum Gasteiger partial charge on any atom is 0.229 e. The van der Waals surface area contributed by atoms with Crippen molar-refractivity contribution < 1.29 is 13.9 Å². The van der Waals surface area contributed by atoms with Crippen molar-refractivity contribution in [3.63, 3.8) is 0 Å². The van der Waals surface area contributed by atoms with Crippen LogP contribution < -0.4 is 20.1 Å². The molecule has 0 spiro atoms. The van der Waals surface area contributed by atoms with Crippen LogP contribution in [0.4, 0.5) is 17.5 Å². The molecule has 3 rings (SSSR count). The van der Waals surface area contributed by atoms with E-state index >= 15 is 0 Å². The SMILES string of the molecule is COc1cc(Nc2nc(C)cc(NCc3ccco3)n2)c(OC)cc1Cl. The molecule has 26 heavy (non-hydrogen) atoms. The molecule has 0 aliphatic rings. The van der Waals surface area contributed by atoms with Crippen LogP contribution in [-0.2, 0) is 6.54 Å². The number of hydrogen-bond donors (Lipinski definition) is 2. The van der Waals surface area contributed by atoms with Gasteiger partial charge in [0.15, 0.2) is 0 Å². The van der Waals surface area contributed by atoms with Crippen LogP contribution in [0.5, 0.6) is 11.5 Å². The molecule has 0 atom stereocenters. The normalized spacial score (nSPS) is 10.5. The Hall–Kier alpha value is -2.93. The third-order valence-electron chi connectivity index (χ3n) is 3.60. The van der Waals surface area contributed by atoms with E-state index in [9.17, 15) is 0 Å². The molecule has 0 amide bonds. The standard InChI is InChI=1S/C18H19ClN4O3/c1-11-7-17(20-10-12-5-4-6-26-12)23-18(21-11)22-14-9-15(24-2)13(19)8-16(14)25-3/h4-9H,10H2,1-3H3,(H2,20,21,22,23). The summed E-state index contributed by atoms with van der Waals surface area (Å²) in [6, 6.07) is 9.01. The summed E-state index contributed by atoms with van der Waals surface area (Å²) in [5, 5.41) is 6.82. The Labute approximate surface area is 156 Å². The van der Waals surface area contributed by atoms with E-state index in [4.69, 9.17) is 25.5 Å². The molecule has 0 saturated heterocycles. The summed E-state index contributed by atoms with van der Waals surface area (Å²) in [5.74, 6) is 3.01. The van der Waals surface area contributed by atoms with Crippen molar-refractivity contribution in [1.82, 2.24) is 9.97 Å². The summed E-state index contributed by atoms with van der Waals surface area (Å²) in [5.41, 5.74) is 1.46. The van der Waals surface area contributed by atoms with E-state index in [1.165, 1.54) is 0 Å². The van der Waals surface area contributed by atoms with Crippen LogP contribution in [0.15, 0.2) is 41.0 Å². The first kappa shape index (κ1) is 17.9. The molecular formula is C18H19ClN4O3. The Morgan fingerprint density at radius 3 is 2.62 bits per heavy atom. The summed E-state index contributed by atoms with van der Waals surface area (Å²) >= 11 is 6.14. The lowest BCUT2D eigenvalue weighted by Crippen LogP contribution is -2.06. The van der Waals surface area contributed by atoms with E-state index in [-0.39, 0.29) is 0 Å². The molecule has 3 aromatic rings. The maximum absolute atomic E-state index is 6.14. The first-order valence-corrected chi connectivity index (χ1v) is 8.27. The van der Waals surface area contributed by atoms with Crippen LogP contribution >= 0.6 is 11.6 Å². The van der Waals surface area contributed by atoms with Crippen molar-refractivity contribution in [2.75, 3.05) is 24.9 Å². The number of hydrogen-bond acceptors (Lipinski definition) is 7. The Morgan fingerprint density at radius 2 is 1.92 bits per heavy atom. The van der Waals surface area contributed by atoms with Gasteiger partial charge in [0.25, 0.3) is 0 Å². The number of nitrogens with one attached hydrogen (secondary N) is 2. The summed E-state index contributed by atoms with van der Waals surface area (Å²) < 4.78 is 15.9. The van der Waals surface area contributed by atoms with Crippen LogP contribution in [0.25, 0.3) is 0 Å². The van der Waals surface area contributed by atoms with E-state index in [0.29, 0.717) is 40.5 Å².